The lowest BCUT2D eigenvalue weighted by atomic mass is 10.4. The Bertz CT molecular complexity index is 277. The van der Waals surface area contributed by atoms with Gasteiger partial charge in [-0.1, -0.05) is 6.07 Å². The predicted octanol–water partition coefficient (Wildman–Crippen LogP) is 2.39. The highest BCUT2D eigenvalue weighted by molar-refractivity contribution is 7.10. The average Bonchev–Trinajstić information content (AvgIpc) is 2.39. The monoisotopic (exact) mass is 169 g/mol. The maximum Gasteiger partial charge on any atom is 0.244 e. The maximum atomic E-state index is 10.2. The molecule has 4 heteroatoms. The highest BCUT2D eigenvalue weighted by Crippen LogP contribution is 2.12. The summed E-state index contributed by atoms with van der Waals surface area (Å²) in [6, 6.07) is 3.71. The summed E-state index contributed by atoms with van der Waals surface area (Å²) >= 11 is 1.49. The molecule has 0 unspecified atom stereocenters. The first-order valence-electron chi connectivity index (χ1n) is 3.06. The fourth-order valence-corrected chi connectivity index (χ4v) is 1.34. The summed E-state index contributed by atoms with van der Waals surface area (Å²) in [5, 5.41) is 12.1. The van der Waals surface area contributed by atoms with Gasteiger partial charge in [0.05, 0.1) is 4.92 Å². The molecule has 0 aliphatic heterocycles. The topological polar surface area (TPSA) is 43.1 Å². The first kappa shape index (κ1) is 7.94. The fraction of sp³-hybridized carbons (Fsp3) is 0.143. The second-order valence-corrected chi connectivity index (χ2v) is 3.04. The van der Waals surface area contributed by atoms with Crippen LogP contribution >= 0.6 is 11.3 Å². The zero-order chi connectivity index (χ0) is 8.27. The minimum absolute atomic E-state index is 0.174. The number of thiophene rings is 1. The second kappa shape index (κ2) is 3.30. The van der Waals surface area contributed by atoms with Gasteiger partial charge in [-0.2, -0.15) is 0 Å². The van der Waals surface area contributed by atoms with E-state index in [1.165, 1.54) is 18.3 Å². The summed E-state index contributed by atoms with van der Waals surface area (Å²) in [7, 11) is 0. The lowest BCUT2D eigenvalue weighted by Gasteiger charge is -1.86. The molecule has 1 aromatic rings. The van der Waals surface area contributed by atoms with E-state index in [1.54, 1.807) is 6.08 Å². The molecule has 1 rings (SSSR count). The largest absolute Gasteiger partial charge is 0.259 e. The molecule has 0 fully saturated rings. The van der Waals surface area contributed by atoms with Gasteiger partial charge in [0, 0.05) is 17.9 Å². The third-order valence-electron chi connectivity index (χ3n) is 1.18. The van der Waals surface area contributed by atoms with Crippen LogP contribution in [0.1, 0.15) is 11.8 Å². The Morgan fingerprint density at radius 1 is 1.82 bits per heavy atom. The van der Waals surface area contributed by atoms with Gasteiger partial charge >= 0.3 is 0 Å². The molecule has 0 spiro atoms. The van der Waals surface area contributed by atoms with Crippen LogP contribution in [0.2, 0.25) is 0 Å². The minimum Gasteiger partial charge on any atom is -0.259 e. The van der Waals surface area contributed by atoms with Crippen LogP contribution in [0.15, 0.2) is 23.2 Å². The quantitative estimate of drug-likeness (QED) is 0.504. The smallest absolute Gasteiger partial charge is 0.244 e. The Labute approximate surface area is 68.1 Å². The van der Waals surface area contributed by atoms with Gasteiger partial charge in [0.15, 0.2) is 0 Å². The van der Waals surface area contributed by atoms with Gasteiger partial charge in [0.25, 0.3) is 0 Å². The Morgan fingerprint density at radius 2 is 2.55 bits per heavy atom. The van der Waals surface area contributed by atoms with Crippen molar-refractivity contribution < 1.29 is 4.92 Å². The fourth-order valence-electron chi connectivity index (χ4n) is 0.632. The van der Waals surface area contributed by atoms with Crippen molar-refractivity contribution in [3.8, 4) is 0 Å². The lowest BCUT2D eigenvalue weighted by molar-refractivity contribution is -0.422. The van der Waals surface area contributed by atoms with Gasteiger partial charge in [-0.15, -0.1) is 11.3 Å². The van der Waals surface area contributed by atoms with E-state index >= 15 is 0 Å². The van der Waals surface area contributed by atoms with Gasteiger partial charge in [0.1, 0.15) is 0 Å². The number of nitrogens with zero attached hydrogens (tertiary/aromatic N) is 1. The first-order chi connectivity index (χ1) is 5.20. The summed E-state index contributed by atoms with van der Waals surface area (Å²) in [4.78, 5) is 10.7. The highest BCUT2D eigenvalue weighted by Gasteiger charge is 2.01. The molecule has 0 bridgehead atoms. The van der Waals surface area contributed by atoms with E-state index in [1.807, 2.05) is 17.5 Å². The summed E-state index contributed by atoms with van der Waals surface area (Å²) in [6.07, 6.45) is 1.56. The molecule has 0 atom stereocenters. The van der Waals surface area contributed by atoms with Gasteiger partial charge in [-0.05, 0) is 11.4 Å². The summed E-state index contributed by atoms with van der Waals surface area (Å²) in [5.41, 5.74) is 0.174. The van der Waals surface area contributed by atoms with Crippen molar-refractivity contribution in [2.24, 2.45) is 0 Å². The van der Waals surface area contributed by atoms with Crippen LogP contribution in [0.3, 0.4) is 0 Å². The average molecular weight is 169 g/mol. The van der Waals surface area contributed by atoms with Crippen LogP contribution < -0.4 is 0 Å². The van der Waals surface area contributed by atoms with Crippen molar-refractivity contribution >= 4 is 17.4 Å². The predicted molar refractivity (Wildman–Crippen MR) is 45.0 cm³/mol. The van der Waals surface area contributed by atoms with E-state index in [4.69, 9.17) is 0 Å². The van der Waals surface area contributed by atoms with Crippen LogP contribution in [0.4, 0.5) is 0 Å². The normalized spacial score (nSPS) is 11.5. The van der Waals surface area contributed by atoms with Gasteiger partial charge < -0.3 is 0 Å². The van der Waals surface area contributed by atoms with Crippen LogP contribution in [-0.2, 0) is 0 Å². The zero-order valence-corrected chi connectivity index (χ0v) is 6.80. The number of allylic oxidation sites excluding steroid dienone is 1. The van der Waals surface area contributed by atoms with E-state index in [2.05, 4.69) is 0 Å². The highest BCUT2D eigenvalue weighted by atomic mass is 32.1. The zero-order valence-electron chi connectivity index (χ0n) is 5.98. The molecule has 1 aromatic heterocycles. The van der Waals surface area contributed by atoms with E-state index in [0.29, 0.717) is 0 Å². The van der Waals surface area contributed by atoms with Crippen LogP contribution in [0.5, 0.6) is 0 Å². The molecule has 11 heavy (non-hydrogen) atoms. The van der Waals surface area contributed by atoms with E-state index in [0.717, 1.165) is 4.88 Å². The number of hydrogen-bond donors (Lipinski definition) is 0. The Kier molecular flexibility index (Phi) is 2.38. The molecular weight excluding hydrogens is 162 g/mol. The minimum atomic E-state index is -0.389. The van der Waals surface area contributed by atoms with Crippen molar-refractivity contribution in [1.82, 2.24) is 0 Å². The third kappa shape index (κ3) is 2.16. The number of rotatable bonds is 2. The molecule has 0 saturated heterocycles. The standard InChI is InChI=1S/C7H7NO2S/c1-6(8(9)10)5-7-3-2-4-11-7/h2-5H,1H3/b6-5+. The Hall–Kier alpha value is -1.16. The van der Waals surface area contributed by atoms with Gasteiger partial charge in [-0.3, -0.25) is 10.1 Å². The van der Waals surface area contributed by atoms with Crippen LogP contribution in [0, 0.1) is 10.1 Å². The third-order valence-corrected chi connectivity index (χ3v) is 2.00. The molecule has 0 radical (unpaired) electrons. The molecule has 0 N–H and O–H groups in total. The molecule has 0 saturated carbocycles. The van der Waals surface area contributed by atoms with Gasteiger partial charge in [0.2, 0.25) is 5.70 Å². The second-order valence-electron chi connectivity index (χ2n) is 2.06. The summed E-state index contributed by atoms with van der Waals surface area (Å²) in [6.45, 7) is 1.49. The Balaban J connectivity index is 2.82. The number of nitro groups is 1. The maximum absolute atomic E-state index is 10.2. The van der Waals surface area contributed by atoms with Crippen molar-refractivity contribution in [1.29, 1.82) is 0 Å². The summed E-state index contributed by atoms with van der Waals surface area (Å²) < 4.78 is 0. The molecule has 0 aromatic carbocycles. The first-order valence-corrected chi connectivity index (χ1v) is 3.94. The van der Waals surface area contributed by atoms with E-state index in [9.17, 15) is 10.1 Å². The number of hydrogen-bond acceptors (Lipinski definition) is 3. The molecule has 1 heterocycles. The van der Waals surface area contributed by atoms with Crippen LogP contribution in [0.25, 0.3) is 6.08 Å². The lowest BCUT2D eigenvalue weighted by Crippen LogP contribution is -1.91. The van der Waals surface area contributed by atoms with Gasteiger partial charge in [-0.25, -0.2) is 0 Å². The van der Waals surface area contributed by atoms with Crippen molar-refractivity contribution in [3.63, 3.8) is 0 Å². The van der Waals surface area contributed by atoms with Crippen LogP contribution in [-0.4, -0.2) is 4.92 Å². The summed E-state index contributed by atoms with van der Waals surface area (Å²) in [5.74, 6) is 0. The molecule has 0 amide bonds. The SMILES string of the molecule is C/C(=C\c1cccs1)[N+](=O)[O-]. The van der Waals surface area contributed by atoms with Crippen molar-refractivity contribution in [3.05, 3.63) is 38.2 Å². The van der Waals surface area contributed by atoms with Crippen molar-refractivity contribution in [2.45, 2.75) is 6.92 Å². The van der Waals surface area contributed by atoms with E-state index < -0.39 is 0 Å². The molecule has 0 aliphatic carbocycles. The van der Waals surface area contributed by atoms with Crippen molar-refractivity contribution in [2.75, 3.05) is 0 Å². The molecular formula is C7H7NO2S. The molecule has 3 nitrogen and oxygen atoms in total. The Morgan fingerprint density at radius 3 is 3.00 bits per heavy atom. The molecule has 58 valence electrons. The molecule has 0 aliphatic rings. The van der Waals surface area contributed by atoms with E-state index in [-0.39, 0.29) is 10.6 Å².